The number of nitrogens with zero attached hydrogens (tertiary/aromatic N) is 1. The summed E-state index contributed by atoms with van der Waals surface area (Å²) in [6.07, 6.45) is 0. The topological polar surface area (TPSA) is 113 Å². The van der Waals surface area contributed by atoms with E-state index in [1.165, 1.54) is 37.3 Å². The molecule has 1 aliphatic rings. The molecule has 0 aromatic heterocycles. The third kappa shape index (κ3) is 3.80. The molecule has 144 valence electrons. The molecular formula is C18H14F2N4O4. The third-order valence-corrected chi connectivity index (χ3v) is 4.13. The van der Waals surface area contributed by atoms with Crippen LogP contribution in [-0.4, -0.2) is 16.9 Å². The van der Waals surface area contributed by atoms with E-state index in [4.69, 9.17) is 0 Å². The molecule has 0 saturated heterocycles. The second-order valence-electron chi connectivity index (χ2n) is 6.00. The Balaban J connectivity index is 1.93. The number of halogens is 2. The van der Waals surface area contributed by atoms with E-state index in [1.807, 2.05) is 0 Å². The van der Waals surface area contributed by atoms with Gasteiger partial charge in [-0.1, -0.05) is 0 Å². The molecule has 28 heavy (non-hydrogen) atoms. The summed E-state index contributed by atoms with van der Waals surface area (Å²) in [4.78, 5) is 34.9. The van der Waals surface area contributed by atoms with Crippen molar-refractivity contribution in [1.82, 2.24) is 10.6 Å². The zero-order valence-corrected chi connectivity index (χ0v) is 14.5. The van der Waals surface area contributed by atoms with Crippen LogP contribution in [0.3, 0.4) is 0 Å². The first kappa shape index (κ1) is 19.0. The van der Waals surface area contributed by atoms with E-state index in [2.05, 4.69) is 16.0 Å². The minimum absolute atomic E-state index is 0.0311. The number of benzene rings is 2. The number of allylic oxidation sites excluding steroid dienone is 1. The van der Waals surface area contributed by atoms with Crippen molar-refractivity contribution in [2.45, 2.75) is 13.0 Å². The summed E-state index contributed by atoms with van der Waals surface area (Å²) in [6.45, 7) is 1.51. The monoisotopic (exact) mass is 388 g/mol. The largest absolute Gasteiger partial charge is 0.327 e. The Morgan fingerprint density at radius 1 is 1.14 bits per heavy atom. The first-order valence-electron chi connectivity index (χ1n) is 8.05. The second-order valence-corrected chi connectivity index (χ2v) is 6.00. The van der Waals surface area contributed by atoms with E-state index in [-0.39, 0.29) is 22.6 Å². The summed E-state index contributed by atoms with van der Waals surface area (Å²) in [5.74, 6) is -2.83. The molecule has 1 heterocycles. The first-order valence-corrected chi connectivity index (χ1v) is 8.05. The highest BCUT2D eigenvalue weighted by atomic mass is 19.2. The van der Waals surface area contributed by atoms with E-state index in [9.17, 15) is 28.5 Å². The van der Waals surface area contributed by atoms with Crippen LogP contribution >= 0.6 is 0 Å². The summed E-state index contributed by atoms with van der Waals surface area (Å²) >= 11 is 0. The molecule has 2 aromatic rings. The van der Waals surface area contributed by atoms with Gasteiger partial charge in [0.05, 0.1) is 16.5 Å². The van der Waals surface area contributed by atoms with Gasteiger partial charge in [-0.05, 0) is 36.8 Å². The van der Waals surface area contributed by atoms with Crippen molar-refractivity contribution < 1.29 is 23.3 Å². The molecule has 3 N–H and O–H groups in total. The van der Waals surface area contributed by atoms with Crippen LogP contribution in [0, 0.1) is 21.7 Å². The van der Waals surface area contributed by atoms with Crippen molar-refractivity contribution in [3.63, 3.8) is 0 Å². The molecule has 0 bridgehead atoms. The molecule has 0 fully saturated rings. The van der Waals surface area contributed by atoms with Crippen molar-refractivity contribution in [3.8, 4) is 0 Å². The molecule has 0 spiro atoms. The molecule has 0 unspecified atom stereocenters. The van der Waals surface area contributed by atoms with Crippen LogP contribution in [0.2, 0.25) is 0 Å². The molecule has 1 aliphatic heterocycles. The van der Waals surface area contributed by atoms with Crippen LogP contribution in [0.25, 0.3) is 0 Å². The Kier molecular flexibility index (Phi) is 5.03. The molecule has 0 radical (unpaired) electrons. The SMILES string of the molecule is CC1=C(C(=O)Nc2ccc(F)c(F)c2)[C@H](c2ccc([N+](=O)[O-])cc2)NC(=O)N1. The summed E-state index contributed by atoms with van der Waals surface area (Å²) in [7, 11) is 0. The highest BCUT2D eigenvalue weighted by Crippen LogP contribution is 2.29. The quantitative estimate of drug-likeness (QED) is 0.551. The number of rotatable bonds is 4. The van der Waals surface area contributed by atoms with Gasteiger partial charge < -0.3 is 16.0 Å². The zero-order valence-electron chi connectivity index (χ0n) is 14.5. The van der Waals surface area contributed by atoms with Gasteiger partial charge in [0.15, 0.2) is 11.6 Å². The van der Waals surface area contributed by atoms with E-state index in [0.29, 0.717) is 5.56 Å². The molecular weight excluding hydrogens is 374 g/mol. The van der Waals surface area contributed by atoms with Gasteiger partial charge in [-0.25, -0.2) is 13.6 Å². The lowest BCUT2D eigenvalue weighted by atomic mass is 9.94. The lowest BCUT2D eigenvalue weighted by molar-refractivity contribution is -0.384. The van der Waals surface area contributed by atoms with E-state index >= 15 is 0 Å². The van der Waals surface area contributed by atoms with Gasteiger partial charge in [0, 0.05) is 29.6 Å². The molecule has 3 amide bonds. The fourth-order valence-corrected chi connectivity index (χ4v) is 2.81. The predicted molar refractivity (Wildman–Crippen MR) is 95.2 cm³/mol. The lowest BCUT2D eigenvalue weighted by Gasteiger charge is -2.28. The molecule has 0 aliphatic carbocycles. The van der Waals surface area contributed by atoms with Gasteiger partial charge in [-0.15, -0.1) is 0 Å². The van der Waals surface area contributed by atoms with E-state index < -0.39 is 34.5 Å². The van der Waals surface area contributed by atoms with Crippen LogP contribution in [0.15, 0.2) is 53.7 Å². The normalized spacial score (nSPS) is 16.2. The number of nitrogens with one attached hydrogen (secondary N) is 3. The maximum atomic E-state index is 13.4. The molecule has 10 heteroatoms. The number of nitro groups is 1. The minimum Gasteiger partial charge on any atom is -0.327 e. The minimum atomic E-state index is -1.12. The van der Waals surface area contributed by atoms with Gasteiger partial charge in [0.2, 0.25) is 0 Å². The van der Waals surface area contributed by atoms with Crippen molar-refractivity contribution in [3.05, 3.63) is 81.0 Å². The van der Waals surface area contributed by atoms with Crippen molar-refractivity contribution in [1.29, 1.82) is 0 Å². The fourth-order valence-electron chi connectivity index (χ4n) is 2.81. The number of anilines is 1. The van der Waals surface area contributed by atoms with Crippen LogP contribution in [0.5, 0.6) is 0 Å². The number of non-ortho nitro benzene ring substituents is 1. The number of carbonyl (C=O) groups is 2. The van der Waals surface area contributed by atoms with Crippen LogP contribution in [0.1, 0.15) is 18.5 Å². The molecule has 0 saturated carbocycles. The number of hydrogen-bond acceptors (Lipinski definition) is 4. The Labute approximate surface area is 157 Å². The summed E-state index contributed by atoms with van der Waals surface area (Å²) in [6, 6.07) is 6.82. The van der Waals surface area contributed by atoms with Gasteiger partial charge >= 0.3 is 6.03 Å². The Hall–Kier alpha value is -3.82. The van der Waals surface area contributed by atoms with Gasteiger partial charge in [-0.3, -0.25) is 14.9 Å². The Morgan fingerprint density at radius 3 is 2.43 bits per heavy atom. The fraction of sp³-hybridized carbons (Fsp3) is 0.111. The van der Waals surface area contributed by atoms with Gasteiger partial charge in [-0.2, -0.15) is 0 Å². The first-order chi connectivity index (χ1) is 13.3. The Bertz CT molecular complexity index is 1010. The number of nitro benzene ring substituents is 1. The average Bonchev–Trinajstić information content (AvgIpc) is 2.64. The third-order valence-electron chi connectivity index (χ3n) is 4.13. The number of carbonyl (C=O) groups excluding carboxylic acids is 2. The van der Waals surface area contributed by atoms with Crippen molar-refractivity contribution in [2.75, 3.05) is 5.32 Å². The Morgan fingerprint density at radius 2 is 1.82 bits per heavy atom. The highest BCUT2D eigenvalue weighted by Gasteiger charge is 2.31. The molecule has 2 aromatic carbocycles. The van der Waals surface area contributed by atoms with Gasteiger partial charge in [0.1, 0.15) is 0 Å². The maximum Gasteiger partial charge on any atom is 0.319 e. The standard InChI is InChI=1S/C18H14F2N4O4/c1-9-15(17(25)22-11-4-7-13(19)14(20)8-11)16(23-18(26)21-9)10-2-5-12(6-3-10)24(27)28/h2-8,16H,1H3,(H,22,25)(H2,21,23,26)/t16-/m0/s1. The molecule has 1 atom stereocenters. The summed E-state index contributed by atoms with van der Waals surface area (Å²) in [5, 5.41) is 18.3. The van der Waals surface area contributed by atoms with E-state index in [0.717, 1.165) is 12.1 Å². The van der Waals surface area contributed by atoms with Crippen molar-refractivity contribution in [2.24, 2.45) is 0 Å². The smallest absolute Gasteiger partial charge is 0.319 e. The van der Waals surface area contributed by atoms with Crippen molar-refractivity contribution >= 4 is 23.3 Å². The van der Waals surface area contributed by atoms with E-state index in [1.54, 1.807) is 0 Å². The van der Waals surface area contributed by atoms with Crippen LogP contribution in [-0.2, 0) is 4.79 Å². The highest BCUT2D eigenvalue weighted by molar-refractivity contribution is 6.06. The van der Waals surface area contributed by atoms with Crippen LogP contribution in [0.4, 0.5) is 25.0 Å². The van der Waals surface area contributed by atoms with Crippen LogP contribution < -0.4 is 16.0 Å². The van der Waals surface area contributed by atoms with Gasteiger partial charge in [0.25, 0.3) is 11.6 Å². The maximum absolute atomic E-state index is 13.4. The number of urea groups is 1. The summed E-state index contributed by atoms with van der Waals surface area (Å²) < 4.78 is 26.4. The number of hydrogen-bond donors (Lipinski definition) is 3. The number of amides is 3. The second kappa shape index (κ2) is 7.43. The average molecular weight is 388 g/mol. The zero-order chi connectivity index (χ0) is 20.4. The summed E-state index contributed by atoms with van der Waals surface area (Å²) in [5.41, 5.74) is 0.710. The molecule has 8 nitrogen and oxygen atoms in total. The lowest BCUT2D eigenvalue weighted by Crippen LogP contribution is -2.45. The predicted octanol–water partition coefficient (Wildman–Crippen LogP) is 3.14. The molecule has 3 rings (SSSR count).